The fourth-order valence-electron chi connectivity index (χ4n) is 3.43. The average Bonchev–Trinajstić information content (AvgIpc) is 2.91. The molecule has 120 valence electrons. The third kappa shape index (κ3) is 2.93. The highest BCUT2D eigenvalue weighted by Gasteiger charge is 2.34. The minimum absolute atomic E-state index is 0.0497. The minimum Gasteiger partial charge on any atom is -0.335 e. The molecule has 1 aliphatic rings. The smallest absolute Gasteiger partial charge is 0.254 e. The molecule has 0 N–H and O–H groups in total. The average molecular weight is 310 g/mol. The number of aromatic nitrogens is 1. The first-order valence-corrected chi connectivity index (χ1v) is 8.00. The van der Waals surface area contributed by atoms with Crippen molar-refractivity contribution in [3.8, 4) is 0 Å². The Balaban J connectivity index is 1.84. The van der Waals surface area contributed by atoms with E-state index in [0.29, 0.717) is 18.0 Å². The molecule has 2 heterocycles. The number of hydrogen-bond acceptors (Lipinski definition) is 2. The van der Waals surface area contributed by atoms with E-state index in [2.05, 4.69) is 32.0 Å². The molecule has 4 heteroatoms. The molecule has 1 aromatic carbocycles. The van der Waals surface area contributed by atoms with Crippen molar-refractivity contribution in [3.63, 3.8) is 0 Å². The Kier molecular flexibility index (Phi) is 4.07. The zero-order valence-corrected chi connectivity index (χ0v) is 13.8. The van der Waals surface area contributed by atoms with Gasteiger partial charge in [-0.3, -0.25) is 9.59 Å². The molecule has 4 nitrogen and oxygen atoms in total. The van der Waals surface area contributed by atoms with Crippen LogP contribution in [-0.2, 0) is 7.05 Å². The number of nitrogens with zero attached hydrogens (tertiary/aromatic N) is 2. The van der Waals surface area contributed by atoms with Gasteiger partial charge in [-0.1, -0.05) is 24.3 Å². The second-order valence-electron chi connectivity index (χ2n) is 6.46. The van der Waals surface area contributed by atoms with E-state index < -0.39 is 0 Å². The van der Waals surface area contributed by atoms with E-state index in [1.54, 1.807) is 19.3 Å². The fourth-order valence-corrected chi connectivity index (χ4v) is 3.43. The van der Waals surface area contributed by atoms with Gasteiger partial charge < -0.3 is 9.47 Å². The molecule has 1 aromatic heterocycles. The van der Waals surface area contributed by atoms with Gasteiger partial charge in [-0.15, -0.1) is 0 Å². The quantitative estimate of drug-likeness (QED) is 0.856. The highest BCUT2D eigenvalue weighted by molar-refractivity contribution is 5.94. The highest BCUT2D eigenvalue weighted by Crippen LogP contribution is 2.33. The molecule has 0 saturated carbocycles. The summed E-state index contributed by atoms with van der Waals surface area (Å²) in [6.07, 6.45) is 2.61. The molecule has 1 saturated heterocycles. The molecule has 1 aliphatic heterocycles. The van der Waals surface area contributed by atoms with Gasteiger partial charge in [-0.25, -0.2) is 0 Å². The molecule has 3 rings (SSSR count). The van der Waals surface area contributed by atoms with Crippen molar-refractivity contribution in [3.05, 3.63) is 69.6 Å². The fraction of sp³-hybridized carbons (Fsp3) is 0.368. The van der Waals surface area contributed by atoms with Crippen LogP contribution in [0.4, 0.5) is 0 Å². The Hall–Kier alpha value is -2.36. The van der Waals surface area contributed by atoms with E-state index in [9.17, 15) is 9.59 Å². The standard InChI is InChI=1S/C19H22N2O2/c1-13-6-4-5-7-17(13)16-10-14(2)21(12-16)19(23)15-8-9-20(3)18(22)11-15/h4-9,11,14,16H,10,12H2,1-3H3/t14-,16+/m1/s1. The molecular formula is C19H22N2O2. The van der Waals surface area contributed by atoms with Crippen LogP contribution in [0.1, 0.15) is 40.7 Å². The third-order valence-electron chi connectivity index (χ3n) is 4.82. The van der Waals surface area contributed by atoms with Crippen LogP contribution < -0.4 is 5.56 Å². The van der Waals surface area contributed by atoms with Crippen LogP contribution >= 0.6 is 0 Å². The Morgan fingerprint density at radius 3 is 2.65 bits per heavy atom. The molecule has 0 radical (unpaired) electrons. The summed E-state index contributed by atoms with van der Waals surface area (Å²) >= 11 is 0. The SMILES string of the molecule is Cc1ccccc1[C@H]1C[C@@H](C)N(C(=O)c2ccn(C)c(=O)c2)C1. The van der Waals surface area contributed by atoms with Crippen molar-refractivity contribution in [2.24, 2.45) is 7.05 Å². The van der Waals surface area contributed by atoms with Crippen LogP contribution in [0.3, 0.4) is 0 Å². The number of hydrogen-bond donors (Lipinski definition) is 0. The van der Waals surface area contributed by atoms with Crippen LogP contribution in [0.25, 0.3) is 0 Å². The summed E-state index contributed by atoms with van der Waals surface area (Å²) in [4.78, 5) is 26.4. The van der Waals surface area contributed by atoms with E-state index in [1.165, 1.54) is 21.8 Å². The minimum atomic E-state index is -0.154. The van der Waals surface area contributed by atoms with Crippen molar-refractivity contribution in [2.75, 3.05) is 6.54 Å². The van der Waals surface area contributed by atoms with E-state index in [4.69, 9.17) is 0 Å². The van der Waals surface area contributed by atoms with Gasteiger partial charge in [0.05, 0.1) is 0 Å². The number of benzene rings is 1. The molecule has 23 heavy (non-hydrogen) atoms. The number of amides is 1. The van der Waals surface area contributed by atoms with Crippen LogP contribution in [0.5, 0.6) is 0 Å². The van der Waals surface area contributed by atoms with E-state index in [0.717, 1.165) is 6.42 Å². The maximum atomic E-state index is 12.8. The van der Waals surface area contributed by atoms with Crippen LogP contribution in [0.15, 0.2) is 47.4 Å². The van der Waals surface area contributed by atoms with Gasteiger partial charge in [0.2, 0.25) is 0 Å². The van der Waals surface area contributed by atoms with Crippen molar-refractivity contribution < 1.29 is 4.79 Å². The van der Waals surface area contributed by atoms with E-state index in [-0.39, 0.29) is 17.5 Å². The van der Waals surface area contributed by atoms with E-state index >= 15 is 0 Å². The van der Waals surface area contributed by atoms with Crippen molar-refractivity contribution in [1.29, 1.82) is 0 Å². The predicted molar refractivity (Wildman–Crippen MR) is 90.7 cm³/mol. The largest absolute Gasteiger partial charge is 0.335 e. The molecule has 2 atom stereocenters. The molecule has 1 fully saturated rings. The Bertz CT molecular complexity index is 794. The van der Waals surface area contributed by atoms with Crippen LogP contribution in [-0.4, -0.2) is 28.0 Å². The molecule has 0 aliphatic carbocycles. The lowest BCUT2D eigenvalue weighted by Gasteiger charge is -2.21. The maximum Gasteiger partial charge on any atom is 0.254 e. The second-order valence-corrected chi connectivity index (χ2v) is 6.46. The predicted octanol–water partition coefficient (Wildman–Crippen LogP) is 2.71. The zero-order valence-electron chi connectivity index (χ0n) is 13.8. The highest BCUT2D eigenvalue weighted by atomic mass is 16.2. The summed E-state index contributed by atoms with van der Waals surface area (Å²) in [5, 5.41) is 0. The molecular weight excluding hydrogens is 288 g/mol. The first-order chi connectivity index (χ1) is 11.0. The number of rotatable bonds is 2. The Morgan fingerprint density at radius 2 is 1.96 bits per heavy atom. The Labute approximate surface area is 136 Å². The van der Waals surface area contributed by atoms with E-state index in [1.807, 2.05) is 11.0 Å². The summed E-state index contributed by atoms with van der Waals surface area (Å²) < 4.78 is 1.47. The van der Waals surface area contributed by atoms with Crippen LogP contribution in [0, 0.1) is 6.92 Å². The van der Waals surface area contributed by atoms with Crippen molar-refractivity contribution in [2.45, 2.75) is 32.2 Å². The Morgan fingerprint density at radius 1 is 1.22 bits per heavy atom. The summed E-state index contributed by atoms with van der Waals surface area (Å²) in [6, 6.07) is 11.7. The summed E-state index contributed by atoms with van der Waals surface area (Å²) in [5.41, 5.74) is 2.91. The van der Waals surface area contributed by atoms with Crippen LogP contribution in [0.2, 0.25) is 0 Å². The summed E-state index contributed by atoms with van der Waals surface area (Å²) in [6.45, 7) is 4.91. The third-order valence-corrected chi connectivity index (χ3v) is 4.82. The van der Waals surface area contributed by atoms with Gasteiger partial charge >= 0.3 is 0 Å². The number of carbonyl (C=O) groups is 1. The lowest BCUT2D eigenvalue weighted by Crippen LogP contribution is -2.34. The lowest BCUT2D eigenvalue weighted by molar-refractivity contribution is 0.0745. The summed E-state index contributed by atoms with van der Waals surface area (Å²) in [7, 11) is 1.68. The molecule has 0 unspecified atom stereocenters. The number of aryl methyl sites for hydroxylation is 2. The molecule has 0 spiro atoms. The normalized spacial score (nSPS) is 20.7. The molecule has 0 bridgehead atoms. The topological polar surface area (TPSA) is 42.3 Å². The zero-order chi connectivity index (χ0) is 16.6. The number of likely N-dealkylation sites (tertiary alicyclic amines) is 1. The maximum absolute atomic E-state index is 12.8. The van der Waals surface area contributed by atoms with Gasteiger partial charge in [0.25, 0.3) is 11.5 Å². The van der Waals surface area contributed by atoms with Crippen molar-refractivity contribution in [1.82, 2.24) is 9.47 Å². The monoisotopic (exact) mass is 310 g/mol. The van der Waals surface area contributed by atoms with Gasteiger partial charge in [-0.05, 0) is 37.5 Å². The van der Waals surface area contributed by atoms with Gasteiger partial charge in [-0.2, -0.15) is 0 Å². The van der Waals surface area contributed by atoms with Gasteiger partial charge in [0.1, 0.15) is 0 Å². The first-order valence-electron chi connectivity index (χ1n) is 8.00. The second kappa shape index (κ2) is 6.03. The lowest BCUT2D eigenvalue weighted by atomic mass is 9.93. The van der Waals surface area contributed by atoms with Gasteiger partial charge in [0, 0.05) is 43.4 Å². The first kappa shape index (κ1) is 15.5. The summed E-state index contributed by atoms with van der Waals surface area (Å²) in [5.74, 6) is 0.313. The van der Waals surface area contributed by atoms with Gasteiger partial charge in [0.15, 0.2) is 0 Å². The number of carbonyl (C=O) groups excluding carboxylic acids is 1. The molecule has 2 aromatic rings. The number of pyridine rings is 1. The molecule has 1 amide bonds. The van der Waals surface area contributed by atoms with Crippen molar-refractivity contribution >= 4 is 5.91 Å².